The molecule has 1 aromatic heterocycles. The van der Waals surface area contributed by atoms with Crippen molar-refractivity contribution in [2.24, 2.45) is 0 Å². The Labute approximate surface area is 74.4 Å². The topological polar surface area (TPSA) is 83.0 Å². The molecular formula is C8H10N2O3. The lowest BCUT2D eigenvalue weighted by Gasteiger charge is -1.97. The van der Waals surface area contributed by atoms with Crippen LogP contribution in [0.4, 0.5) is 0 Å². The van der Waals surface area contributed by atoms with E-state index in [4.69, 9.17) is 5.11 Å². The van der Waals surface area contributed by atoms with E-state index in [1.54, 1.807) is 13.0 Å². The van der Waals surface area contributed by atoms with Crippen molar-refractivity contribution in [3.05, 3.63) is 27.7 Å². The molecule has 0 radical (unpaired) electrons. The first-order chi connectivity index (χ1) is 6.09. The summed E-state index contributed by atoms with van der Waals surface area (Å²) in [6.07, 6.45) is 0.209. The fraction of sp³-hybridized carbons (Fsp3) is 0.375. The molecule has 0 unspecified atom stereocenters. The van der Waals surface area contributed by atoms with Gasteiger partial charge in [0.05, 0.1) is 5.69 Å². The lowest BCUT2D eigenvalue weighted by atomic mass is 10.1. The van der Waals surface area contributed by atoms with Crippen molar-refractivity contribution in [1.29, 1.82) is 0 Å². The van der Waals surface area contributed by atoms with E-state index in [0.717, 1.165) is 0 Å². The van der Waals surface area contributed by atoms with E-state index in [2.05, 4.69) is 10.2 Å². The molecule has 0 aliphatic carbocycles. The van der Waals surface area contributed by atoms with Crippen LogP contribution < -0.4 is 5.56 Å². The van der Waals surface area contributed by atoms with Crippen molar-refractivity contribution in [1.82, 2.24) is 10.2 Å². The van der Waals surface area contributed by atoms with Crippen LogP contribution in [-0.2, 0) is 11.2 Å². The molecule has 0 saturated carbocycles. The van der Waals surface area contributed by atoms with Crippen LogP contribution in [0.25, 0.3) is 0 Å². The van der Waals surface area contributed by atoms with Crippen LogP contribution in [0.1, 0.15) is 17.7 Å². The molecule has 0 aliphatic heterocycles. The Kier molecular flexibility index (Phi) is 2.79. The van der Waals surface area contributed by atoms with Gasteiger partial charge in [-0.05, 0) is 19.4 Å². The largest absolute Gasteiger partial charge is 0.481 e. The molecule has 1 aromatic rings. The number of nitrogens with one attached hydrogen (secondary N) is 1. The SMILES string of the molecule is Cc1cc(CCC(=O)O)c(=O)[nH]n1. The zero-order chi connectivity index (χ0) is 9.84. The van der Waals surface area contributed by atoms with Crippen LogP contribution in [0.15, 0.2) is 10.9 Å². The number of hydrogen-bond donors (Lipinski definition) is 2. The van der Waals surface area contributed by atoms with Gasteiger partial charge in [0.2, 0.25) is 0 Å². The van der Waals surface area contributed by atoms with Gasteiger partial charge >= 0.3 is 5.97 Å². The molecule has 2 N–H and O–H groups in total. The second-order valence-corrected chi connectivity index (χ2v) is 2.76. The molecule has 70 valence electrons. The summed E-state index contributed by atoms with van der Waals surface area (Å²) in [4.78, 5) is 21.3. The fourth-order valence-corrected chi connectivity index (χ4v) is 0.988. The Morgan fingerprint density at radius 1 is 1.69 bits per heavy atom. The van der Waals surface area contributed by atoms with Gasteiger partial charge in [0.1, 0.15) is 0 Å². The van der Waals surface area contributed by atoms with Gasteiger partial charge in [-0.15, -0.1) is 0 Å². The monoisotopic (exact) mass is 182 g/mol. The second kappa shape index (κ2) is 3.84. The second-order valence-electron chi connectivity index (χ2n) is 2.76. The van der Waals surface area contributed by atoms with Crippen molar-refractivity contribution in [3.63, 3.8) is 0 Å². The van der Waals surface area contributed by atoms with E-state index in [0.29, 0.717) is 11.3 Å². The van der Waals surface area contributed by atoms with E-state index < -0.39 is 5.97 Å². The highest BCUT2D eigenvalue weighted by Crippen LogP contribution is 1.97. The van der Waals surface area contributed by atoms with E-state index in [-0.39, 0.29) is 18.4 Å². The summed E-state index contributed by atoms with van der Waals surface area (Å²) in [5, 5.41) is 14.4. The number of rotatable bonds is 3. The van der Waals surface area contributed by atoms with Crippen LogP contribution in [0.5, 0.6) is 0 Å². The maximum atomic E-state index is 11.1. The lowest BCUT2D eigenvalue weighted by molar-refractivity contribution is -0.136. The van der Waals surface area contributed by atoms with E-state index >= 15 is 0 Å². The number of H-pyrrole nitrogens is 1. The summed E-state index contributed by atoms with van der Waals surface area (Å²) < 4.78 is 0. The molecule has 5 nitrogen and oxygen atoms in total. The number of aromatic amines is 1. The Bertz CT molecular complexity index is 370. The third-order valence-corrected chi connectivity index (χ3v) is 1.62. The first-order valence-electron chi connectivity index (χ1n) is 3.86. The van der Waals surface area contributed by atoms with E-state index in [1.807, 2.05) is 0 Å². The summed E-state index contributed by atoms with van der Waals surface area (Å²) in [6.45, 7) is 1.74. The highest BCUT2D eigenvalue weighted by Gasteiger charge is 2.03. The number of carboxylic acid groups (broad SMARTS) is 1. The molecule has 13 heavy (non-hydrogen) atoms. The fourth-order valence-electron chi connectivity index (χ4n) is 0.988. The minimum absolute atomic E-state index is 0.0352. The van der Waals surface area contributed by atoms with Crippen LogP contribution in [0.3, 0.4) is 0 Å². The van der Waals surface area contributed by atoms with Gasteiger partial charge in [0.15, 0.2) is 0 Å². The van der Waals surface area contributed by atoms with Crippen LogP contribution in [-0.4, -0.2) is 21.3 Å². The molecular weight excluding hydrogens is 172 g/mol. The summed E-state index contributed by atoms with van der Waals surface area (Å²) >= 11 is 0. The van der Waals surface area contributed by atoms with Gasteiger partial charge in [-0.2, -0.15) is 5.10 Å². The molecule has 0 aromatic carbocycles. The minimum atomic E-state index is -0.908. The number of hydrogen-bond acceptors (Lipinski definition) is 3. The zero-order valence-electron chi connectivity index (χ0n) is 7.20. The van der Waals surface area contributed by atoms with Crippen molar-refractivity contribution < 1.29 is 9.90 Å². The Hall–Kier alpha value is -1.65. The molecule has 5 heteroatoms. The zero-order valence-corrected chi connectivity index (χ0v) is 7.20. The molecule has 1 heterocycles. The highest BCUT2D eigenvalue weighted by atomic mass is 16.4. The molecule has 0 fully saturated rings. The van der Waals surface area contributed by atoms with E-state index in [1.165, 1.54) is 0 Å². The normalized spacial score (nSPS) is 9.92. The third-order valence-electron chi connectivity index (χ3n) is 1.62. The Balaban J connectivity index is 2.82. The average Bonchev–Trinajstić information content (AvgIpc) is 2.06. The van der Waals surface area contributed by atoms with Gasteiger partial charge in [0.25, 0.3) is 5.56 Å². The number of carbonyl (C=O) groups is 1. The summed E-state index contributed by atoms with van der Waals surface area (Å²) in [7, 11) is 0. The predicted molar refractivity (Wildman–Crippen MR) is 45.6 cm³/mol. The Morgan fingerprint density at radius 3 is 3.00 bits per heavy atom. The first-order valence-corrected chi connectivity index (χ1v) is 3.86. The maximum absolute atomic E-state index is 11.1. The van der Waals surface area contributed by atoms with Crippen molar-refractivity contribution >= 4 is 5.97 Å². The number of carboxylic acids is 1. The summed E-state index contributed by atoms with van der Waals surface area (Å²) in [5.74, 6) is -0.908. The number of aryl methyl sites for hydroxylation is 2. The summed E-state index contributed by atoms with van der Waals surface area (Å²) in [5.41, 5.74) is 0.835. The number of aromatic nitrogens is 2. The van der Waals surface area contributed by atoms with Crippen LogP contribution in [0.2, 0.25) is 0 Å². The van der Waals surface area contributed by atoms with Gasteiger partial charge < -0.3 is 5.11 Å². The third kappa shape index (κ3) is 2.70. The quantitative estimate of drug-likeness (QED) is 0.694. The van der Waals surface area contributed by atoms with Crippen LogP contribution >= 0.6 is 0 Å². The molecule has 0 spiro atoms. The van der Waals surface area contributed by atoms with Crippen LogP contribution in [0, 0.1) is 6.92 Å². The molecule has 0 bridgehead atoms. The molecule has 0 amide bonds. The van der Waals surface area contributed by atoms with Crippen molar-refractivity contribution in [3.8, 4) is 0 Å². The Morgan fingerprint density at radius 2 is 2.38 bits per heavy atom. The van der Waals surface area contributed by atoms with Crippen molar-refractivity contribution in [2.75, 3.05) is 0 Å². The summed E-state index contributed by atoms with van der Waals surface area (Å²) in [6, 6.07) is 1.60. The highest BCUT2D eigenvalue weighted by molar-refractivity contribution is 5.67. The molecule has 1 rings (SSSR count). The first kappa shape index (κ1) is 9.44. The standard InChI is InChI=1S/C8H10N2O3/c1-5-4-6(2-3-7(11)12)8(13)10-9-5/h4H,2-3H2,1H3,(H,10,13)(H,11,12). The van der Waals surface area contributed by atoms with Gasteiger partial charge in [0, 0.05) is 12.0 Å². The number of aliphatic carboxylic acids is 1. The van der Waals surface area contributed by atoms with Gasteiger partial charge in [-0.25, -0.2) is 5.10 Å². The minimum Gasteiger partial charge on any atom is -0.481 e. The van der Waals surface area contributed by atoms with Gasteiger partial charge in [-0.3, -0.25) is 9.59 Å². The maximum Gasteiger partial charge on any atom is 0.303 e. The number of nitrogens with zero attached hydrogens (tertiary/aromatic N) is 1. The van der Waals surface area contributed by atoms with Gasteiger partial charge in [-0.1, -0.05) is 0 Å². The lowest BCUT2D eigenvalue weighted by Crippen LogP contribution is -2.15. The van der Waals surface area contributed by atoms with Crippen molar-refractivity contribution in [2.45, 2.75) is 19.8 Å². The smallest absolute Gasteiger partial charge is 0.303 e. The predicted octanol–water partition coefficient (Wildman–Crippen LogP) is 0.0955. The molecule has 0 aliphatic rings. The molecule has 0 atom stereocenters. The molecule has 0 saturated heterocycles. The average molecular weight is 182 g/mol. The van der Waals surface area contributed by atoms with E-state index in [9.17, 15) is 9.59 Å².